The van der Waals surface area contributed by atoms with Gasteiger partial charge >= 0.3 is 0 Å². The van der Waals surface area contributed by atoms with Crippen molar-refractivity contribution >= 4 is 43.5 Å². The number of hydrogen-bond donors (Lipinski definition) is 1. The Morgan fingerprint density at radius 3 is 2.83 bits per heavy atom. The third-order valence-electron chi connectivity index (χ3n) is 3.49. The van der Waals surface area contributed by atoms with Crippen molar-refractivity contribution in [1.82, 2.24) is 0 Å². The first kappa shape index (κ1) is 14.1. The number of fused-ring (bicyclic) bond motifs is 1. The first-order chi connectivity index (χ1) is 8.51. The quantitative estimate of drug-likeness (QED) is 0.752. The smallest absolute Gasteiger partial charge is 0.228 e. The molecule has 1 heterocycles. The maximum atomic E-state index is 11.4. The van der Waals surface area contributed by atoms with Crippen molar-refractivity contribution < 1.29 is 4.79 Å². The summed E-state index contributed by atoms with van der Waals surface area (Å²) in [6.45, 7) is 4.48. The number of nitrogens with one attached hydrogen (secondary N) is 1. The second-order valence-corrected chi connectivity index (χ2v) is 6.93. The first-order valence-corrected chi connectivity index (χ1v) is 7.98. The summed E-state index contributed by atoms with van der Waals surface area (Å²) in [5.41, 5.74) is 3.29. The van der Waals surface area contributed by atoms with Crippen LogP contribution in [0.1, 0.15) is 42.6 Å². The molecule has 18 heavy (non-hydrogen) atoms. The lowest BCUT2D eigenvalue weighted by atomic mass is 9.97. The zero-order valence-electron chi connectivity index (χ0n) is 10.6. The van der Waals surface area contributed by atoms with Gasteiger partial charge in [0.2, 0.25) is 5.91 Å². The highest BCUT2D eigenvalue weighted by atomic mass is 79.9. The number of amides is 1. The fraction of sp³-hybridized carbons (Fsp3) is 0.500. The van der Waals surface area contributed by atoms with Gasteiger partial charge in [-0.05, 0) is 29.5 Å². The number of benzene rings is 1. The molecule has 0 saturated carbocycles. The zero-order valence-corrected chi connectivity index (χ0v) is 13.8. The van der Waals surface area contributed by atoms with Gasteiger partial charge in [0.05, 0.1) is 6.42 Å². The van der Waals surface area contributed by atoms with E-state index in [-0.39, 0.29) is 5.91 Å². The number of hydrogen-bond acceptors (Lipinski definition) is 1. The van der Waals surface area contributed by atoms with Crippen LogP contribution in [0.3, 0.4) is 0 Å². The van der Waals surface area contributed by atoms with Crippen LogP contribution in [-0.4, -0.2) is 5.91 Å². The molecule has 2 atom stereocenters. The molecule has 1 aromatic carbocycles. The minimum Gasteiger partial charge on any atom is -0.325 e. The van der Waals surface area contributed by atoms with Gasteiger partial charge < -0.3 is 5.32 Å². The molecule has 1 aliphatic heterocycles. The molecule has 0 fully saturated rings. The van der Waals surface area contributed by atoms with Crippen LogP contribution in [0.25, 0.3) is 0 Å². The maximum absolute atomic E-state index is 11.4. The highest BCUT2D eigenvalue weighted by Crippen LogP contribution is 2.39. The summed E-state index contributed by atoms with van der Waals surface area (Å²) in [6, 6.07) is 4.15. The Hall–Kier alpha value is -0.350. The number of carbonyl (C=O) groups excluding carboxylic acids is 1. The Morgan fingerprint density at radius 2 is 2.17 bits per heavy atom. The summed E-state index contributed by atoms with van der Waals surface area (Å²) in [7, 11) is 0. The second-order valence-electron chi connectivity index (χ2n) is 4.97. The van der Waals surface area contributed by atoms with Crippen LogP contribution in [0.4, 0.5) is 5.69 Å². The van der Waals surface area contributed by atoms with E-state index < -0.39 is 0 Å². The zero-order chi connectivity index (χ0) is 13.3. The van der Waals surface area contributed by atoms with E-state index in [1.165, 1.54) is 12.0 Å². The van der Waals surface area contributed by atoms with Gasteiger partial charge in [0.15, 0.2) is 0 Å². The van der Waals surface area contributed by atoms with Crippen molar-refractivity contribution in [2.75, 3.05) is 5.32 Å². The van der Waals surface area contributed by atoms with E-state index >= 15 is 0 Å². The fourth-order valence-electron chi connectivity index (χ4n) is 2.15. The minimum atomic E-state index is 0.0853. The minimum absolute atomic E-state index is 0.0853. The SMILES string of the molecule is CCC(C)CC(Br)c1cc2c(cc1Br)NC(=O)C2. The summed E-state index contributed by atoms with van der Waals surface area (Å²) in [4.78, 5) is 11.7. The van der Waals surface area contributed by atoms with Gasteiger partial charge in [0.25, 0.3) is 0 Å². The predicted molar refractivity (Wildman–Crippen MR) is 82.2 cm³/mol. The molecule has 0 radical (unpaired) electrons. The van der Waals surface area contributed by atoms with Crippen LogP contribution in [0.2, 0.25) is 0 Å². The van der Waals surface area contributed by atoms with Gasteiger partial charge in [0.1, 0.15) is 0 Å². The molecule has 0 saturated heterocycles. The topological polar surface area (TPSA) is 29.1 Å². The Labute approximate surface area is 125 Å². The van der Waals surface area contributed by atoms with Crippen molar-refractivity contribution in [3.05, 3.63) is 27.7 Å². The first-order valence-electron chi connectivity index (χ1n) is 6.27. The maximum Gasteiger partial charge on any atom is 0.228 e. The third kappa shape index (κ3) is 2.97. The molecule has 1 aromatic rings. The van der Waals surface area contributed by atoms with Crippen molar-refractivity contribution in [2.45, 2.75) is 37.9 Å². The summed E-state index contributed by atoms with van der Waals surface area (Å²) in [5.74, 6) is 0.774. The molecule has 98 valence electrons. The Balaban J connectivity index is 2.24. The van der Waals surface area contributed by atoms with E-state index in [0.29, 0.717) is 17.2 Å². The molecule has 2 unspecified atom stereocenters. The van der Waals surface area contributed by atoms with E-state index in [1.54, 1.807) is 0 Å². The number of carbonyl (C=O) groups is 1. The van der Waals surface area contributed by atoms with Gasteiger partial charge in [-0.3, -0.25) is 4.79 Å². The van der Waals surface area contributed by atoms with E-state index in [9.17, 15) is 4.79 Å². The summed E-state index contributed by atoms with van der Waals surface area (Å²) in [6.07, 6.45) is 2.79. The van der Waals surface area contributed by atoms with Crippen LogP contribution in [0.5, 0.6) is 0 Å². The van der Waals surface area contributed by atoms with Crippen LogP contribution < -0.4 is 5.32 Å². The molecule has 0 bridgehead atoms. The van der Waals surface area contributed by atoms with E-state index in [1.807, 2.05) is 6.07 Å². The molecule has 0 aliphatic carbocycles. The van der Waals surface area contributed by atoms with Crippen molar-refractivity contribution in [3.8, 4) is 0 Å². The lowest BCUT2D eigenvalue weighted by molar-refractivity contribution is -0.115. The number of alkyl halides is 1. The van der Waals surface area contributed by atoms with Gasteiger partial charge in [0, 0.05) is 15.0 Å². The molecule has 0 spiro atoms. The van der Waals surface area contributed by atoms with Crippen LogP contribution in [0, 0.1) is 5.92 Å². The molecule has 2 rings (SSSR count). The molecule has 4 heteroatoms. The summed E-state index contributed by atoms with van der Waals surface area (Å²) < 4.78 is 1.06. The van der Waals surface area contributed by atoms with E-state index in [0.717, 1.165) is 22.1 Å². The lowest BCUT2D eigenvalue weighted by Gasteiger charge is -2.17. The summed E-state index contributed by atoms with van der Waals surface area (Å²) in [5, 5.41) is 2.87. The number of rotatable bonds is 4. The molecule has 2 nitrogen and oxygen atoms in total. The highest BCUT2D eigenvalue weighted by Gasteiger charge is 2.22. The Kier molecular flexibility index (Phi) is 4.49. The lowest BCUT2D eigenvalue weighted by Crippen LogP contribution is -2.03. The Bertz CT molecular complexity index is 473. The average molecular weight is 375 g/mol. The highest BCUT2D eigenvalue weighted by molar-refractivity contribution is 9.11. The molecule has 1 aliphatic rings. The molecular formula is C14H17Br2NO. The second kappa shape index (κ2) is 5.74. The summed E-state index contributed by atoms with van der Waals surface area (Å²) >= 11 is 7.37. The van der Waals surface area contributed by atoms with Gasteiger partial charge in [-0.15, -0.1) is 0 Å². The van der Waals surface area contributed by atoms with Gasteiger partial charge in [-0.2, -0.15) is 0 Å². The monoisotopic (exact) mass is 373 g/mol. The average Bonchev–Trinajstić information content (AvgIpc) is 2.66. The normalized spacial score (nSPS) is 17.2. The largest absolute Gasteiger partial charge is 0.325 e. The van der Waals surface area contributed by atoms with Crippen LogP contribution in [0.15, 0.2) is 16.6 Å². The van der Waals surface area contributed by atoms with Gasteiger partial charge in [-0.1, -0.05) is 58.2 Å². The number of anilines is 1. The molecule has 0 aromatic heterocycles. The van der Waals surface area contributed by atoms with E-state index in [4.69, 9.17) is 0 Å². The number of halogens is 2. The molecule has 1 N–H and O–H groups in total. The molecule has 1 amide bonds. The van der Waals surface area contributed by atoms with Crippen LogP contribution >= 0.6 is 31.9 Å². The predicted octanol–water partition coefficient (Wildman–Crippen LogP) is 4.82. The Morgan fingerprint density at radius 1 is 1.44 bits per heavy atom. The van der Waals surface area contributed by atoms with Gasteiger partial charge in [-0.25, -0.2) is 0 Å². The molecular weight excluding hydrogens is 358 g/mol. The van der Waals surface area contributed by atoms with E-state index in [2.05, 4.69) is 57.1 Å². The van der Waals surface area contributed by atoms with Crippen molar-refractivity contribution in [1.29, 1.82) is 0 Å². The fourth-order valence-corrected chi connectivity index (χ4v) is 4.10. The standard InChI is InChI=1S/C14H17Br2NO/c1-3-8(2)4-11(15)10-5-9-6-14(18)17-13(9)7-12(10)16/h5,7-8,11H,3-4,6H2,1-2H3,(H,17,18). The van der Waals surface area contributed by atoms with Crippen molar-refractivity contribution in [3.63, 3.8) is 0 Å². The third-order valence-corrected chi connectivity index (χ3v) is 5.05. The van der Waals surface area contributed by atoms with Crippen molar-refractivity contribution in [2.24, 2.45) is 5.92 Å². The van der Waals surface area contributed by atoms with Crippen LogP contribution in [-0.2, 0) is 11.2 Å².